The minimum absolute atomic E-state index is 0.612. The van der Waals surface area contributed by atoms with Crippen LogP contribution in [0, 0.1) is 0 Å². The molecule has 0 unspecified atom stereocenters. The lowest BCUT2D eigenvalue weighted by Gasteiger charge is -2.14. The van der Waals surface area contributed by atoms with Crippen molar-refractivity contribution in [3.05, 3.63) is 17.7 Å². The first-order valence-electron chi connectivity index (χ1n) is 5.84. The van der Waals surface area contributed by atoms with E-state index in [1.165, 1.54) is 0 Å². The molecule has 0 amide bonds. The molecule has 0 radical (unpaired) electrons. The molecule has 0 saturated carbocycles. The molecule has 0 aromatic heterocycles. The maximum atomic E-state index is 5.59. The van der Waals surface area contributed by atoms with Gasteiger partial charge in [0.1, 0.15) is 11.5 Å². The van der Waals surface area contributed by atoms with E-state index in [1.807, 2.05) is 12.1 Å². The van der Waals surface area contributed by atoms with Crippen molar-refractivity contribution in [2.24, 2.45) is 5.73 Å². The standard InChI is InChI=1S/C13H21NO2S/c1-4-7-17-13-9-11(15-2)10(5-6-14)8-12(13)16-3/h8-9H,4-7,14H2,1-3H3. The van der Waals surface area contributed by atoms with Gasteiger partial charge in [0.2, 0.25) is 0 Å². The van der Waals surface area contributed by atoms with Crippen molar-refractivity contribution in [2.45, 2.75) is 24.7 Å². The number of methoxy groups -OCH3 is 2. The molecule has 0 aliphatic rings. The van der Waals surface area contributed by atoms with Crippen molar-refractivity contribution in [3.63, 3.8) is 0 Å². The number of ether oxygens (including phenoxy) is 2. The third-order valence-corrected chi connectivity index (χ3v) is 3.68. The fourth-order valence-corrected chi connectivity index (χ4v) is 2.51. The van der Waals surface area contributed by atoms with Crippen molar-refractivity contribution < 1.29 is 9.47 Å². The molecule has 0 aliphatic heterocycles. The average Bonchev–Trinajstić information content (AvgIpc) is 2.36. The van der Waals surface area contributed by atoms with Gasteiger partial charge in [-0.3, -0.25) is 0 Å². The molecule has 4 heteroatoms. The van der Waals surface area contributed by atoms with Crippen LogP contribution in [0.25, 0.3) is 0 Å². The maximum absolute atomic E-state index is 5.59. The van der Waals surface area contributed by atoms with Crippen LogP contribution in [0.2, 0.25) is 0 Å². The summed E-state index contributed by atoms with van der Waals surface area (Å²) in [5.41, 5.74) is 6.70. The van der Waals surface area contributed by atoms with Crippen LogP contribution < -0.4 is 15.2 Å². The van der Waals surface area contributed by atoms with Gasteiger partial charge in [-0.15, -0.1) is 11.8 Å². The summed E-state index contributed by atoms with van der Waals surface area (Å²) < 4.78 is 10.8. The monoisotopic (exact) mass is 255 g/mol. The second-order valence-electron chi connectivity index (χ2n) is 3.70. The molecule has 3 nitrogen and oxygen atoms in total. The minimum Gasteiger partial charge on any atom is -0.496 e. The first-order valence-corrected chi connectivity index (χ1v) is 6.83. The quantitative estimate of drug-likeness (QED) is 0.761. The normalized spacial score (nSPS) is 10.4. The van der Waals surface area contributed by atoms with Crippen molar-refractivity contribution >= 4 is 11.8 Å². The highest BCUT2D eigenvalue weighted by Gasteiger charge is 2.10. The van der Waals surface area contributed by atoms with Crippen LogP contribution in [-0.4, -0.2) is 26.5 Å². The van der Waals surface area contributed by atoms with E-state index in [-0.39, 0.29) is 0 Å². The molecule has 0 bridgehead atoms. The maximum Gasteiger partial charge on any atom is 0.132 e. The zero-order valence-electron chi connectivity index (χ0n) is 10.8. The molecule has 1 rings (SSSR count). The highest BCUT2D eigenvalue weighted by Crippen LogP contribution is 2.36. The highest BCUT2D eigenvalue weighted by atomic mass is 32.2. The van der Waals surface area contributed by atoms with Crippen LogP contribution in [0.1, 0.15) is 18.9 Å². The van der Waals surface area contributed by atoms with Crippen LogP contribution in [0.15, 0.2) is 17.0 Å². The zero-order valence-corrected chi connectivity index (χ0v) is 11.6. The summed E-state index contributed by atoms with van der Waals surface area (Å²) in [6.45, 7) is 2.78. The van der Waals surface area contributed by atoms with E-state index in [0.717, 1.165) is 40.6 Å². The summed E-state index contributed by atoms with van der Waals surface area (Å²) in [6, 6.07) is 4.08. The van der Waals surface area contributed by atoms with E-state index in [1.54, 1.807) is 26.0 Å². The SMILES string of the molecule is CCCSc1cc(OC)c(CCN)cc1OC. The molecule has 0 fully saturated rings. The summed E-state index contributed by atoms with van der Waals surface area (Å²) in [7, 11) is 3.39. The van der Waals surface area contributed by atoms with E-state index >= 15 is 0 Å². The predicted molar refractivity (Wildman–Crippen MR) is 73.3 cm³/mol. The Labute approximate surface area is 108 Å². The average molecular weight is 255 g/mol. The fraction of sp³-hybridized carbons (Fsp3) is 0.538. The van der Waals surface area contributed by atoms with E-state index < -0.39 is 0 Å². The summed E-state index contributed by atoms with van der Waals surface area (Å²) in [6.07, 6.45) is 1.94. The molecule has 0 saturated heterocycles. The number of thioether (sulfide) groups is 1. The van der Waals surface area contributed by atoms with Crippen molar-refractivity contribution in [3.8, 4) is 11.5 Å². The Hall–Kier alpha value is -0.870. The molecule has 0 atom stereocenters. The summed E-state index contributed by atoms with van der Waals surface area (Å²) in [5.74, 6) is 2.89. The van der Waals surface area contributed by atoms with Gasteiger partial charge in [-0.2, -0.15) is 0 Å². The molecular weight excluding hydrogens is 234 g/mol. The highest BCUT2D eigenvalue weighted by molar-refractivity contribution is 7.99. The Morgan fingerprint density at radius 2 is 1.88 bits per heavy atom. The van der Waals surface area contributed by atoms with Gasteiger partial charge in [0, 0.05) is 0 Å². The van der Waals surface area contributed by atoms with Crippen LogP contribution in [0.3, 0.4) is 0 Å². The lowest BCUT2D eigenvalue weighted by atomic mass is 10.1. The topological polar surface area (TPSA) is 44.5 Å². The van der Waals surface area contributed by atoms with Crippen molar-refractivity contribution in [1.82, 2.24) is 0 Å². The van der Waals surface area contributed by atoms with Crippen molar-refractivity contribution in [1.29, 1.82) is 0 Å². The second-order valence-corrected chi connectivity index (χ2v) is 4.84. The summed E-state index contributed by atoms with van der Waals surface area (Å²) in [4.78, 5) is 1.13. The Morgan fingerprint density at radius 3 is 2.41 bits per heavy atom. The van der Waals surface area contributed by atoms with Gasteiger partial charge in [0.05, 0.1) is 19.1 Å². The molecule has 17 heavy (non-hydrogen) atoms. The van der Waals surface area contributed by atoms with Gasteiger partial charge in [-0.05, 0) is 42.8 Å². The molecular formula is C13H21NO2S. The summed E-state index contributed by atoms with van der Waals surface area (Å²) >= 11 is 1.79. The van der Waals surface area contributed by atoms with Crippen LogP contribution in [0.5, 0.6) is 11.5 Å². The minimum atomic E-state index is 0.612. The molecule has 1 aromatic carbocycles. The van der Waals surface area contributed by atoms with E-state index in [4.69, 9.17) is 15.2 Å². The van der Waals surface area contributed by atoms with Crippen LogP contribution >= 0.6 is 11.8 Å². The Kier molecular flexibility index (Phi) is 6.22. The fourth-order valence-electron chi connectivity index (χ4n) is 1.61. The second kappa shape index (κ2) is 7.45. The first kappa shape index (κ1) is 14.2. The van der Waals surface area contributed by atoms with Gasteiger partial charge < -0.3 is 15.2 Å². The molecule has 0 aliphatic carbocycles. The lowest BCUT2D eigenvalue weighted by Crippen LogP contribution is -2.05. The Balaban J connectivity index is 3.04. The van der Waals surface area contributed by atoms with Gasteiger partial charge in [-0.1, -0.05) is 6.92 Å². The predicted octanol–water partition coefficient (Wildman–Crippen LogP) is 2.71. The van der Waals surface area contributed by atoms with E-state index in [0.29, 0.717) is 6.54 Å². The Bertz CT molecular complexity index is 356. The smallest absolute Gasteiger partial charge is 0.132 e. The van der Waals surface area contributed by atoms with Crippen LogP contribution in [-0.2, 0) is 6.42 Å². The summed E-state index contributed by atoms with van der Waals surface area (Å²) in [5, 5.41) is 0. The number of benzene rings is 1. The van der Waals surface area contributed by atoms with Crippen LogP contribution in [0.4, 0.5) is 0 Å². The lowest BCUT2D eigenvalue weighted by molar-refractivity contribution is 0.390. The largest absolute Gasteiger partial charge is 0.496 e. The molecule has 2 N–H and O–H groups in total. The van der Waals surface area contributed by atoms with E-state index in [9.17, 15) is 0 Å². The number of hydrogen-bond acceptors (Lipinski definition) is 4. The molecule has 0 heterocycles. The van der Waals surface area contributed by atoms with Gasteiger partial charge >= 0.3 is 0 Å². The molecule has 0 spiro atoms. The molecule has 96 valence electrons. The van der Waals surface area contributed by atoms with Gasteiger partial charge in [-0.25, -0.2) is 0 Å². The number of nitrogens with two attached hydrogens (primary N) is 1. The third kappa shape index (κ3) is 3.82. The van der Waals surface area contributed by atoms with Crippen molar-refractivity contribution in [2.75, 3.05) is 26.5 Å². The number of hydrogen-bond donors (Lipinski definition) is 1. The molecule has 1 aromatic rings. The Morgan fingerprint density at radius 1 is 1.18 bits per heavy atom. The zero-order chi connectivity index (χ0) is 12.7. The third-order valence-electron chi connectivity index (χ3n) is 2.44. The number of rotatable bonds is 7. The first-order chi connectivity index (χ1) is 8.26. The van der Waals surface area contributed by atoms with E-state index in [2.05, 4.69) is 6.92 Å². The van der Waals surface area contributed by atoms with Gasteiger partial charge in [0.25, 0.3) is 0 Å². The van der Waals surface area contributed by atoms with Gasteiger partial charge in [0.15, 0.2) is 0 Å².